The van der Waals surface area contributed by atoms with Gasteiger partial charge in [0, 0.05) is 34.8 Å². The van der Waals surface area contributed by atoms with Crippen LogP contribution in [0.5, 0.6) is 0 Å². The maximum absolute atomic E-state index is 13.8. The number of amides is 2. The maximum atomic E-state index is 13.8. The van der Waals surface area contributed by atoms with E-state index in [1.54, 1.807) is 19.9 Å². The highest BCUT2D eigenvalue weighted by Gasteiger charge is 2.24. The van der Waals surface area contributed by atoms with Gasteiger partial charge in [-0.15, -0.1) is 0 Å². The molecule has 0 spiro atoms. The molecule has 0 bridgehead atoms. The van der Waals surface area contributed by atoms with Gasteiger partial charge < -0.3 is 20.4 Å². The molecular weight excluding hydrogens is 361 g/mol. The highest BCUT2D eigenvalue weighted by molar-refractivity contribution is 5.97. The van der Waals surface area contributed by atoms with Crippen LogP contribution in [0, 0.1) is 12.7 Å². The molecule has 2 aromatic carbocycles. The molecule has 146 valence electrons. The van der Waals surface area contributed by atoms with Crippen molar-refractivity contribution in [1.29, 1.82) is 0 Å². The Kier molecular flexibility index (Phi) is 5.93. The van der Waals surface area contributed by atoms with Gasteiger partial charge >= 0.3 is 6.09 Å². The number of para-hydroxylation sites is 1. The van der Waals surface area contributed by atoms with Gasteiger partial charge in [0.05, 0.1) is 6.61 Å². The van der Waals surface area contributed by atoms with Crippen LogP contribution >= 0.6 is 0 Å². The van der Waals surface area contributed by atoms with Crippen LogP contribution in [0.2, 0.25) is 0 Å². The minimum atomic E-state index is -0.888. The van der Waals surface area contributed by atoms with E-state index in [1.807, 2.05) is 30.5 Å². The molecule has 3 N–H and O–H groups in total. The van der Waals surface area contributed by atoms with Crippen molar-refractivity contribution in [3.8, 4) is 0 Å². The highest BCUT2D eigenvalue weighted by Crippen LogP contribution is 2.21. The molecule has 1 aromatic heterocycles. The van der Waals surface area contributed by atoms with Crippen molar-refractivity contribution in [2.24, 2.45) is 0 Å². The molecule has 0 aliphatic carbocycles. The molecule has 0 saturated heterocycles. The van der Waals surface area contributed by atoms with Crippen LogP contribution in [0.1, 0.15) is 18.1 Å². The smallest absolute Gasteiger partial charge is 0.407 e. The number of alkyl carbamates (subject to hydrolysis) is 1. The van der Waals surface area contributed by atoms with Crippen molar-refractivity contribution in [2.45, 2.75) is 26.3 Å². The third-order valence-electron chi connectivity index (χ3n) is 4.51. The number of ether oxygens (including phenoxy) is 1. The number of rotatable bonds is 6. The third-order valence-corrected chi connectivity index (χ3v) is 4.51. The molecule has 6 nitrogen and oxygen atoms in total. The van der Waals surface area contributed by atoms with Gasteiger partial charge in [-0.25, -0.2) is 9.18 Å². The molecule has 0 aliphatic heterocycles. The molecular formula is C21H22FN3O3. The second-order valence-corrected chi connectivity index (χ2v) is 6.38. The Morgan fingerprint density at radius 1 is 1.18 bits per heavy atom. The van der Waals surface area contributed by atoms with E-state index in [0.717, 1.165) is 16.5 Å². The Morgan fingerprint density at radius 3 is 2.75 bits per heavy atom. The molecule has 28 heavy (non-hydrogen) atoms. The first-order chi connectivity index (χ1) is 13.5. The number of carbonyl (C=O) groups excluding carboxylic acids is 2. The van der Waals surface area contributed by atoms with Crippen LogP contribution in [-0.4, -0.2) is 29.6 Å². The summed E-state index contributed by atoms with van der Waals surface area (Å²) in [6, 6.07) is 11.3. The lowest BCUT2D eigenvalue weighted by Crippen LogP contribution is -2.45. The molecule has 3 aromatic rings. The summed E-state index contributed by atoms with van der Waals surface area (Å²) in [6.07, 6.45) is 1.38. The largest absolute Gasteiger partial charge is 0.450 e. The van der Waals surface area contributed by atoms with Crippen molar-refractivity contribution in [3.63, 3.8) is 0 Å². The van der Waals surface area contributed by atoms with Gasteiger partial charge in [0.25, 0.3) is 0 Å². The van der Waals surface area contributed by atoms with Gasteiger partial charge in [0.1, 0.15) is 11.9 Å². The number of nitrogens with one attached hydrogen (secondary N) is 3. The molecule has 7 heteroatoms. The average molecular weight is 383 g/mol. The molecule has 2 amide bonds. The zero-order chi connectivity index (χ0) is 20.1. The Bertz CT molecular complexity index is 999. The molecule has 1 atom stereocenters. The maximum Gasteiger partial charge on any atom is 0.407 e. The van der Waals surface area contributed by atoms with E-state index in [4.69, 9.17) is 4.74 Å². The topological polar surface area (TPSA) is 83.2 Å². The van der Waals surface area contributed by atoms with Crippen molar-refractivity contribution < 1.29 is 18.7 Å². The third kappa shape index (κ3) is 4.31. The fraction of sp³-hybridized carbons (Fsp3) is 0.238. The predicted octanol–water partition coefficient (Wildman–Crippen LogP) is 3.91. The van der Waals surface area contributed by atoms with Gasteiger partial charge in [-0.1, -0.05) is 24.3 Å². The Hall–Kier alpha value is -3.35. The zero-order valence-electron chi connectivity index (χ0n) is 15.7. The quantitative estimate of drug-likeness (QED) is 0.603. The van der Waals surface area contributed by atoms with Gasteiger partial charge in [-0.3, -0.25) is 4.79 Å². The fourth-order valence-corrected chi connectivity index (χ4v) is 3.01. The van der Waals surface area contributed by atoms with E-state index < -0.39 is 23.9 Å². The SMILES string of the molecule is CCOC(=O)N[C@H](Cc1c[nH]c2ccccc12)C(=O)Nc1cccc(F)c1C. The van der Waals surface area contributed by atoms with E-state index in [2.05, 4.69) is 15.6 Å². The Labute approximate surface area is 162 Å². The zero-order valence-corrected chi connectivity index (χ0v) is 15.7. The molecule has 3 rings (SSSR count). The van der Waals surface area contributed by atoms with Crippen LogP contribution in [-0.2, 0) is 16.0 Å². The number of H-pyrrole nitrogens is 1. The number of hydrogen-bond acceptors (Lipinski definition) is 3. The minimum Gasteiger partial charge on any atom is -0.450 e. The van der Waals surface area contributed by atoms with Crippen LogP contribution < -0.4 is 10.6 Å². The summed E-state index contributed by atoms with van der Waals surface area (Å²) < 4.78 is 18.7. The van der Waals surface area contributed by atoms with E-state index in [0.29, 0.717) is 11.3 Å². The summed E-state index contributed by atoms with van der Waals surface area (Å²) >= 11 is 0. The summed E-state index contributed by atoms with van der Waals surface area (Å²) in [5.41, 5.74) is 2.51. The summed E-state index contributed by atoms with van der Waals surface area (Å²) in [5.74, 6) is -0.864. The van der Waals surface area contributed by atoms with Crippen LogP contribution in [0.4, 0.5) is 14.9 Å². The van der Waals surface area contributed by atoms with Crippen molar-refractivity contribution in [3.05, 3.63) is 65.6 Å². The first-order valence-corrected chi connectivity index (χ1v) is 9.04. The van der Waals surface area contributed by atoms with E-state index in [-0.39, 0.29) is 13.0 Å². The molecule has 1 heterocycles. The standard InChI is InChI=1S/C21H22FN3O3/c1-3-28-21(27)25-19(11-14-12-23-18-9-5-4-7-15(14)18)20(26)24-17-10-6-8-16(22)13(17)2/h4-10,12,19,23H,3,11H2,1-2H3,(H,24,26)(H,25,27)/t19-/m1/s1. The van der Waals surface area contributed by atoms with Gasteiger partial charge in [0.2, 0.25) is 5.91 Å². The Morgan fingerprint density at radius 2 is 1.96 bits per heavy atom. The second-order valence-electron chi connectivity index (χ2n) is 6.38. The lowest BCUT2D eigenvalue weighted by Gasteiger charge is -2.19. The number of fused-ring (bicyclic) bond motifs is 1. The number of hydrogen-bond donors (Lipinski definition) is 3. The molecule has 0 saturated carbocycles. The summed E-state index contributed by atoms with van der Waals surface area (Å²) in [7, 11) is 0. The van der Waals surface area contributed by atoms with Gasteiger partial charge in [-0.05, 0) is 37.6 Å². The van der Waals surface area contributed by atoms with E-state index in [9.17, 15) is 14.0 Å². The van der Waals surface area contributed by atoms with Crippen molar-refractivity contribution in [2.75, 3.05) is 11.9 Å². The molecule has 0 radical (unpaired) electrons. The predicted molar refractivity (Wildman–Crippen MR) is 106 cm³/mol. The normalized spacial score (nSPS) is 11.8. The summed E-state index contributed by atoms with van der Waals surface area (Å²) in [5, 5.41) is 6.26. The highest BCUT2D eigenvalue weighted by atomic mass is 19.1. The van der Waals surface area contributed by atoms with E-state index in [1.165, 1.54) is 12.1 Å². The molecule has 0 aliphatic rings. The van der Waals surface area contributed by atoms with Crippen molar-refractivity contribution in [1.82, 2.24) is 10.3 Å². The number of anilines is 1. The lowest BCUT2D eigenvalue weighted by molar-refractivity contribution is -0.118. The minimum absolute atomic E-state index is 0.191. The monoisotopic (exact) mass is 383 g/mol. The van der Waals surface area contributed by atoms with Gasteiger partial charge in [0.15, 0.2) is 0 Å². The van der Waals surface area contributed by atoms with Crippen LogP contribution in [0.15, 0.2) is 48.7 Å². The second kappa shape index (κ2) is 8.56. The van der Waals surface area contributed by atoms with E-state index >= 15 is 0 Å². The Balaban J connectivity index is 1.84. The van der Waals surface area contributed by atoms with Crippen molar-refractivity contribution >= 4 is 28.6 Å². The van der Waals surface area contributed by atoms with Crippen LogP contribution in [0.25, 0.3) is 10.9 Å². The number of aromatic nitrogens is 1. The average Bonchev–Trinajstić information content (AvgIpc) is 3.08. The first-order valence-electron chi connectivity index (χ1n) is 9.04. The number of halogens is 1. The van der Waals surface area contributed by atoms with Crippen LogP contribution in [0.3, 0.4) is 0 Å². The summed E-state index contributed by atoms with van der Waals surface area (Å²) in [4.78, 5) is 28.0. The molecule has 0 unspecified atom stereocenters. The first kappa shape index (κ1) is 19.4. The summed E-state index contributed by atoms with van der Waals surface area (Å²) in [6.45, 7) is 3.46. The van der Waals surface area contributed by atoms with Gasteiger partial charge in [-0.2, -0.15) is 0 Å². The number of carbonyl (C=O) groups is 2. The molecule has 0 fully saturated rings. The number of benzene rings is 2. The lowest BCUT2D eigenvalue weighted by atomic mass is 10.0. The number of aromatic amines is 1. The fourth-order valence-electron chi connectivity index (χ4n) is 3.01.